The Morgan fingerprint density at radius 3 is 2.70 bits per heavy atom. The Hall–Kier alpha value is -3.15. The maximum Gasteiger partial charge on any atom is 0.224 e. The van der Waals surface area contributed by atoms with E-state index in [2.05, 4.69) is 66.8 Å². The normalized spacial score (nSPS) is 21.3. The van der Waals surface area contributed by atoms with Gasteiger partial charge in [-0.15, -0.1) is 0 Å². The molecule has 1 aromatic carbocycles. The zero-order valence-electron chi connectivity index (χ0n) is 18.9. The van der Waals surface area contributed by atoms with Crippen LogP contribution in [0.1, 0.15) is 49.7 Å². The minimum Gasteiger partial charge on any atom is -0.378 e. The van der Waals surface area contributed by atoms with Crippen molar-refractivity contribution in [3.8, 4) is 11.8 Å². The molecule has 4 heterocycles. The summed E-state index contributed by atoms with van der Waals surface area (Å²) in [7, 11) is 2.19. The van der Waals surface area contributed by atoms with Crippen molar-refractivity contribution in [2.24, 2.45) is 0 Å². The van der Waals surface area contributed by atoms with Crippen LogP contribution >= 0.6 is 0 Å². The summed E-state index contributed by atoms with van der Waals surface area (Å²) in [6.07, 6.45) is 7.39. The Balaban J connectivity index is 1.47. The number of aromatic amines is 1. The van der Waals surface area contributed by atoms with Crippen LogP contribution in [0, 0.1) is 11.8 Å². The topological polar surface area (TPSA) is 107 Å². The number of likely N-dealkylation sites (tertiary alicyclic amines) is 1. The first-order valence-electron chi connectivity index (χ1n) is 11.8. The van der Waals surface area contributed by atoms with Crippen LogP contribution in [0.3, 0.4) is 0 Å². The van der Waals surface area contributed by atoms with Crippen LogP contribution in [-0.4, -0.2) is 62.2 Å². The summed E-state index contributed by atoms with van der Waals surface area (Å²) in [5.74, 6) is 7.37. The molecule has 0 bridgehead atoms. The van der Waals surface area contributed by atoms with Gasteiger partial charge in [0, 0.05) is 23.2 Å². The van der Waals surface area contributed by atoms with Gasteiger partial charge in [-0.1, -0.05) is 17.9 Å². The van der Waals surface area contributed by atoms with E-state index in [9.17, 15) is 5.11 Å². The van der Waals surface area contributed by atoms with Crippen LogP contribution in [0.25, 0.3) is 11.2 Å². The van der Waals surface area contributed by atoms with Crippen LogP contribution in [0.4, 0.5) is 17.5 Å². The van der Waals surface area contributed by atoms with E-state index in [1.807, 2.05) is 0 Å². The zero-order valence-corrected chi connectivity index (χ0v) is 18.9. The van der Waals surface area contributed by atoms with Crippen LogP contribution < -0.4 is 10.6 Å². The number of imidazole rings is 1. The second-order valence-electron chi connectivity index (χ2n) is 9.90. The van der Waals surface area contributed by atoms with Crippen LogP contribution in [0.15, 0.2) is 24.5 Å². The number of rotatable bonds is 1. The van der Waals surface area contributed by atoms with Crippen molar-refractivity contribution in [2.75, 3.05) is 37.3 Å². The second-order valence-corrected chi connectivity index (χ2v) is 9.90. The minimum absolute atomic E-state index is 0.0554. The summed E-state index contributed by atoms with van der Waals surface area (Å²) >= 11 is 0. The van der Waals surface area contributed by atoms with E-state index >= 15 is 0 Å². The van der Waals surface area contributed by atoms with Gasteiger partial charge in [-0.25, -0.2) is 4.98 Å². The number of hydrogen-bond acceptors (Lipinski definition) is 7. The Bertz CT molecular complexity index is 1270. The monoisotopic (exact) mass is 443 g/mol. The lowest BCUT2D eigenvalue weighted by atomic mass is 9.74. The largest absolute Gasteiger partial charge is 0.378 e. The number of piperidine rings is 1. The third kappa shape index (κ3) is 3.43. The molecule has 2 aromatic heterocycles. The van der Waals surface area contributed by atoms with E-state index in [1.54, 1.807) is 6.33 Å². The SMILES string of the molecule is CN1CCC2(CC1)CN(c1nc(N)nc3[nH]cnc13)c1cc(C#CC3(O)CCCC3)ccc12. The molecule has 0 amide bonds. The van der Waals surface area contributed by atoms with Gasteiger partial charge in [-0.2, -0.15) is 9.97 Å². The molecule has 170 valence electrons. The predicted molar refractivity (Wildman–Crippen MR) is 128 cm³/mol. The van der Waals surface area contributed by atoms with E-state index < -0.39 is 5.60 Å². The highest BCUT2D eigenvalue weighted by atomic mass is 16.3. The molecule has 0 unspecified atom stereocenters. The van der Waals surface area contributed by atoms with Crippen molar-refractivity contribution >= 4 is 28.6 Å². The standard InChI is InChI=1S/C25H29N7O/c1-31-12-10-24(11-13-31)15-32(22-20-21(28-16-27-20)29-23(26)30-22)19-14-17(4-5-18(19)24)6-9-25(33)7-2-3-8-25/h4-5,14,16,33H,2-3,7-8,10-13,15H2,1H3,(H3,26,27,28,29,30). The molecular weight excluding hydrogens is 414 g/mol. The van der Waals surface area contributed by atoms with E-state index in [0.717, 1.165) is 80.7 Å². The van der Waals surface area contributed by atoms with Gasteiger partial charge < -0.3 is 25.6 Å². The highest BCUT2D eigenvalue weighted by Crippen LogP contribution is 2.50. The van der Waals surface area contributed by atoms with Gasteiger partial charge in [0.1, 0.15) is 5.60 Å². The van der Waals surface area contributed by atoms with Gasteiger partial charge in [-0.3, -0.25) is 0 Å². The number of nitrogens with two attached hydrogens (primary N) is 1. The first-order valence-corrected chi connectivity index (χ1v) is 11.8. The fraction of sp³-hybridized carbons (Fsp3) is 0.480. The number of benzene rings is 1. The van der Waals surface area contributed by atoms with E-state index in [4.69, 9.17) is 5.73 Å². The summed E-state index contributed by atoms with van der Waals surface area (Å²) in [5.41, 5.74) is 9.98. The Kier molecular flexibility index (Phi) is 4.61. The molecule has 6 rings (SSSR count). The Morgan fingerprint density at radius 1 is 1.12 bits per heavy atom. The minimum atomic E-state index is -0.851. The fourth-order valence-corrected chi connectivity index (χ4v) is 5.72. The van der Waals surface area contributed by atoms with Crippen molar-refractivity contribution in [3.05, 3.63) is 35.7 Å². The molecule has 3 aromatic rings. The average Bonchev–Trinajstić information content (AvgIpc) is 3.53. The molecule has 2 aliphatic heterocycles. The van der Waals surface area contributed by atoms with E-state index in [1.165, 1.54) is 5.56 Å². The number of hydrogen-bond donors (Lipinski definition) is 3. The number of nitrogens with one attached hydrogen (secondary N) is 1. The first kappa shape index (κ1) is 20.5. The number of aliphatic hydroxyl groups is 1. The molecule has 0 radical (unpaired) electrons. The molecule has 8 heteroatoms. The quantitative estimate of drug-likeness (QED) is 0.497. The number of fused-ring (bicyclic) bond motifs is 3. The molecule has 1 spiro atoms. The predicted octanol–water partition coefficient (Wildman–Crippen LogP) is 2.71. The van der Waals surface area contributed by atoms with Gasteiger partial charge in [0.15, 0.2) is 17.0 Å². The first-order chi connectivity index (χ1) is 15.9. The molecule has 0 atom stereocenters. The summed E-state index contributed by atoms with van der Waals surface area (Å²) < 4.78 is 0. The zero-order chi connectivity index (χ0) is 22.6. The maximum atomic E-state index is 10.7. The lowest BCUT2D eigenvalue weighted by molar-refractivity contribution is 0.110. The van der Waals surface area contributed by atoms with Gasteiger partial charge in [0.05, 0.1) is 6.33 Å². The lowest BCUT2D eigenvalue weighted by Crippen LogP contribution is -2.43. The molecule has 3 aliphatic rings. The van der Waals surface area contributed by atoms with Crippen molar-refractivity contribution < 1.29 is 5.11 Å². The summed E-state index contributed by atoms with van der Waals surface area (Å²) in [6.45, 7) is 2.95. The van der Waals surface area contributed by atoms with Gasteiger partial charge in [-0.05, 0) is 76.4 Å². The van der Waals surface area contributed by atoms with Crippen molar-refractivity contribution in [3.63, 3.8) is 0 Å². The second kappa shape index (κ2) is 7.44. The molecule has 1 aliphatic carbocycles. The van der Waals surface area contributed by atoms with Gasteiger partial charge in [0.2, 0.25) is 5.95 Å². The molecule has 1 saturated carbocycles. The third-order valence-electron chi connectivity index (χ3n) is 7.67. The molecule has 33 heavy (non-hydrogen) atoms. The molecule has 4 N–H and O–H groups in total. The summed E-state index contributed by atoms with van der Waals surface area (Å²) in [5, 5.41) is 10.7. The highest BCUT2D eigenvalue weighted by molar-refractivity contribution is 5.89. The summed E-state index contributed by atoms with van der Waals surface area (Å²) in [4.78, 5) is 21.1. The van der Waals surface area contributed by atoms with Crippen LogP contribution in [-0.2, 0) is 5.41 Å². The maximum absolute atomic E-state index is 10.7. The number of anilines is 3. The molecule has 8 nitrogen and oxygen atoms in total. The molecule has 2 fully saturated rings. The Morgan fingerprint density at radius 2 is 1.91 bits per heavy atom. The smallest absolute Gasteiger partial charge is 0.224 e. The average molecular weight is 444 g/mol. The van der Waals surface area contributed by atoms with Gasteiger partial charge >= 0.3 is 0 Å². The fourth-order valence-electron chi connectivity index (χ4n) is 5.72. The number of nitrogens with zero attached hydrogens (tertiary/aromatic N) is 5. The lowest BCUT2D eigenvalue weighted by Gasteiger charge is -2.38. The van der Waals surface area contributed by atoms with E-state index in [0.29, 0.717) is 5.65 Å². The highest BCUT2D eigenvalue weighted by Gasteiger charge is 2.45. The van der Waals surface area contributed by atoms with Crippen molar-refractivity contribution in [1.82, 2.24) is 24.8 Å². The van der Waals surface area contributed by atoms with Crippen molar-refractivity contribution in [2.45, 2.75) is 49.5 Å². The number of nitrogen functional groups attached to an aromatic ring is 1. The third-order valence-corrected chi connectivity index (χ3v) is 7.67. The number of aromatic nitrogens is 4. The van der Waals surface area contributed by atoms with Crippen LogP contribution in [0.2, 0.25) is 0 Å². The Labute approximate surface area is 193 Å². The van der Waals surface area contributed by atoms with Gasteiger partial charge in [0.25, 0.3) is 0 Å². The van der Waals surface area contributed by atoms with Crippen LogP contribution in [0.5, 0.6) is 0 Å². The summed E-state index contributed by atoms with van der Waals surface area (Å²) in [6, 6.07) is 6.48. The van der Waals surface area contributed by atoms with E-state index in [-0.39, 0.29) is 11.4 Å². The number of H-pyrrole nitrogens is 1. The van der Waals surface area contributed by atoms with Crippen molar-refractivity contribution in [1.29, 1.82) is 0 Å². The molecular formula is C25H29N7O. The molecule has 1 saturated heterocycles.